The first-order valence-electron chi connectivity index (χ1n) is 9.41. The van der Waals surface area contributed by atoms with Crippen molar-refractivity contribution in [3.05, 3.63) is 106 Å². The quantitative estimate of drug-likeness (QED) is 0.423. The number of rotatable bonds is 1. The van der Waals surface area contributed by atoms with Gasteiger partial charge in [-0.1, -0.05) is 114 Å². The Morgan fingerprint density at radius 3 is 0.769 bits per heavy atom. The molecule has 0 aromatic heterocycles. The first kappa shape index (κ1) is 21.7. The molecular weight excluding hydrogens is 312 g/mol. The Morgan fingerprint density at radius 2 is 0.577 bits per heavy atom. The van der Waals surface area contributed by atoms with Crippen molar-refractivity contribution in [2.24, 2.45) is 0 Å². The third-order valence-corrected chi connectivity index (χ3v) is 4.18. The molecule has 138 valence electrons. The highest BCUT2D eigenvalue weighted by Gasteiger charge is 1.95. The van der Waals surface area contributed by atoms with Crippen molar-refractivity contribution >= 4 is 0 Å². The monoisotopic (exact) mass is 346 g/mol. The molecule has 0 nitrogen and oxygen atoms in total. The Balaban J connectivity index is 0.000000197. The lowest BCUT2D eigenvalue weighted by Crippen LogP contribution is -1.85. The van der Waals surface area contributed by atoms with Gasteiger partial charge in [-0.05, 0) is 46.1 Å². The zero-order valence-corrected chi connectivity index (χ0v) is 17.5. The minimum atomic E-state index is 0.653. The summed E-state index contributed by atoms with van der Waals surface area (Å²) in [5, 5.41) is 0. The minimum Gasteiger partial charge on any atom is -0.0591 e. The van der Waals surface area contributed by atoms with Crippen LogP contribution in [-0.2, 0) is 0 Å². The predicted octanol–water partition coefficient (Wildman–Crippen LogP) is 7.73. The second kappa shape index (κ2) is 11.3. The van der Waals surface area contributed by atoms with Gasteiger partial charge in [-0.3, -0.25) is 0 Å². The van der Waals surface area contributed by atoms with Crippen LogP contribution < -0.4 is 0 Å². The second-order valence-electron chi connectivity index (χ2n) is 7.37. The van der Waals surface area contributed by atoms with E-state index >= 15 is 0 Å². The molecule has 0 aliphatic rings. The van der Waals surface area contributed by atoms with Gasteiger partial charge in [-0.15, -0.1) is 0 Å². The first-order valence-corrected chi connectivity index (χ1v) is 9.41. The average Bonchev–Trinajstić information content (AvgIpc) is 2.62. The van der Waals surface area contributed by atoms with Gasteiger partial charge in [-0.25, -0.2) is 0 Å². The van der Waals surface area contributed by atoms with Crippen LogP contribution in [0.1, 0.15) is 53.1 Å². The van der Waals surface area contributed by atoms with Gasteiger partial charge in [0.05, 0.1) is 0 Å². The molecule has 0 atom stereocenters. The summed E-state index contributed by atoms with van der Waals surface area (Å²) in [6.45, 7) is 14.9. The van der Waals surface area contributed by atoms with Crippen LogP contribution in [-0.4, -0.2) is 0 Å². The summed E-state index contributed by atoms with van der Waals surface area (Å²) in [6.07, 6.45) is 0. The van der Waals surface area contributed by atoms with Gasteiger partial charge in [0.25, 0.3) is 0 Å². The number of benzene rings is 3. The molecule has 0 saturated carbocycles. The molecule has 0 N–H and O–H groups in total. The molecule has 3 rings (SSSR count). The molecule has 0 bridgehead atoms. The van der Waals surface area contributed by atoms with E-state index in [1.54, 1.807) is 0 Å². The van der Waals surface area contributed by atoms with Crippen LogP contribution in [0.4, 0.5) is 0 Å². The number of hydrogen-bond acceptors (Lipinski definition) is 0. The predicted molar refractivity (Wildman–Crippen MR) is 117 cm³/mol. The number of aryl methyl sites for hydroxylation is 5. The highest BCUT2D eigenvalue weighted by atomic mass is 14.0. The largest absolute Gasteiger partial charge is 0.0591 e. The third kappa shape index (κ3) is 9.22. The van der Waals surface area contributed by atoms with Crippen LogP contribution in [0.2, 0.25) is 0 Å². The van der Waals surface area contributed by atoms with E-state index in [0.717, 1.165) is 0 Å². The van der Waals surface area contributed by atoms with Gasteiger partial charge in [0, 0.05) is 0 Å². The van der Waals surface area contributed by atoms with Gasteiger partial charge < -0.3 is 0 Å². The molecule has 0 heteroatoms. The van der Waals surface area contributed by atoms with Crippen LogP contribution in [0.25, 0.3) is 0 Å². The standard InChI is InChI=1S/C10H14.2C8H10/c1-8(2)10-6-4-9(3)5-7-10;2*1-7-3-5-8(2)6-4-7/h4-8H,1-3H3;2*3-6H,1-2H3. The van der Waals surface area contributed by atoms with Crippen LogP contribution >= 0.6 is 0 Å². The fourth-order valence-electron chi connectivity index (χ4n) is 2.23. The molecule has 0 aliphatic heterocycles. The molecule has 0 spiro atoms. The van der Waals surface area contributed by atoms with Gasteiger partial charge in [0.2, 0.25) is 0 Å². The van der Waals surface area contributed by atoms with E-state index in [9.17, 15) is 0 Å². The summed E-state index contributed by atoms with van der Waals surface area (Å²) in [6, 6.07) is 25.7. The van der Waals surface area contributed by atoms with E-state index in [4.69, 9.17) is 0 Å². The second-order valence-corrected chi connectivity index (χ2v) is 7.37. The lowest BCUT2D eigenvalue weighted by atomic mass is 10.0. The summed E-state index contributed by atoms with van der Waals surface area (Å²) < 4.78 is 0. The van der Waals surface area contributed by atoms with E-state index in [-0.39, 0.29) is 0 Å². The average molecular weight is 347 g/mol. The lowest BCUT2D eigenvalue weighted by Gasteiger charge is -2.03. The van der Waals surface area contributed by atoms with Gasteiger partial charge in [-0.2, -0.15) is 0 Å². The van der Waals surface area contributed by atoms with Gasteiger partial charge in [0.1, 0.15) is 0 Å². The van der Waals surface area contributed by atoms with Crippen molar-refractivity contribution in [1.82, 2.24) is 0 Å². The first-order chi connectivity index (χ1) is 12.3. The van der Waals surface area contributed by atoms with Crippen LogP contribution in [0.3, 0.4) is 0 Å². The topological polar surface area (TPSA) is 0 Å². The molecule has 0 unspecified atom stereocenters. The maximum atomic E-state index is 2.21. The van der Waals surface area contributed by atoms with Crippen LogP contribution in [0.5, 0.6) is 0 Å². The lowest BCUT2D eigenvalue weighted by molar-refractivity contribution is 0.866. The fraction of sp³-hybridized carbons (Fsp3) is 0.308. The van der Waals surface area contributed by atoms with Gasteiger partial charge >= 0.3 is 0 Å². The molecule has 0 heterocycles. The van der Waals surface area contributed by atoms with Gasteiger partial charge in [0.15, 0.2) is 0 Å². The Hall–Kier alpha value is -2.34. The zero-order valence-electron chi connectivity index (χ0n) is 17.5. The summed E-state index contributed by atoms with van der Waals surface area (Å²) in [5.74, 6) is 0.653. The van der Waals surface area contributed by atoms with Crippen molar-refractivity contribution in [2.75, 3.05) is 0 Å². The molecule has 0 saturated heterocycles. The van der Waals surface area contributed by atoms with E-state index in [2.05, 4.69) is 121 Å². The van der Waals surface area contributed by atoms with E-state index in [0.29, 0.717) is 5.92 Å². The SMILES string of the molecule is Cc1ccc(C(C)C)cc1.Cc1ccc(C)cc1.Cc1ccc(C)cc1. The molecule has 0 amide bonds. The van der Waals surface area contributed by atoms with E-state index in [1.165, 1.54) is 33.4 Å². The van der Waals surface area contributed by atoms with E-state index in [1.807, 2.05) is 0 Å². The highest BCUT2D eigenvalue weighted by Crippen LogP contribution is 2.13. The zero-order chi connectivity index (χ0) is 19.5. The number of hydrogen-bond donors (Lipinski definition) is 0. The Bertz CT molecular complexity index is 644. The van der Waals surface area contributed by atoms with Crippen molar-refractivity contribution in [2.45, 2.75) is 54.4 Å². The van der Waals surface area contributed by atoms with Crippen LogP contribution in [0.15, 0.2) is 72.8 Å². The fourth-order valence-corrected chi connectivity index (χ4v) is 2.23. The Kier molecular flexibility index (Phi) is 9.44. The minimum absolute atomic E-state index is 0.653. The molecule has 0 fully saturated rings. The maximum Gasteiger partial charge on any atom is -0.0219 e. The Morgan fingerprint density at radius 1 is 0.385 bits per heavy atom. The smallest absolute Gasteiger partial charge is 0.0219 e. The van der Waals surface area contributed by atoms with E-state index < -0.39 is 0 Å². The highest BCUT2D eigenvalue weighted by molar-refractivity contribution is 5.23. The molecule has 26 heavy (non-hydrogen) atoms. The van der Waals surface area contributed by atoms with Crippen molar-refractivity contribution in [3.63, 3.8) is 0 Å². The molecule has 0 radical (unpaired) electrons. The van der Waals surface area contributed by atoms with Crippen molar-refractivity contribution in [3.8, 4) is 0 Å². The summed E-state index contributed by atoms with van der Waals surface area (Å²) in [5.41, 5.74) is 8.08. The third-order valence-electron chi connectivity index (χ3n) is 4.18. The molecular formula is C26H34. The summed E-state index contributed by atoms with van der Waals surface area (Å²) >= 11 is 0. The summed E-state index contributed by atoms with van der Waals surface area (Å²) in [7, 11) is 0. The van der Waals surface area contributed by atoms with Crippen molar-refractivity contribution < 1.29 is 0 Å². The molecule has 3 aromatic rings. The summed E-state index contributed by atoms with van der Waals surface area (Å²) in [4.78, 5) is 0. The molecule has 3 aromatic carbocycles. The molecule has 0 aliphatic carbocycles. The maximum absolute atomic E-state index is 2.21. The Labute approximate surface area is 160 Å². The van der Waals surface area contributed by atoms with Crippen LogP contribution in [0, 0.1) is 34.6 Å². The van der Waals surface area contributed by atoms with Crippen molar-refractivity contribution in [1.29, 1.82) is 0 Å². The normalized spacial score (nSPS) is 9.69.